The highest BCUT2D eigenvalue weighted by Gasteiger charge is 2.22. The largest absolute Gasteiger partial charge is 0.481 e. The molecular formula is C15H20BrNO2. The Morgan fingerprint density at radius 1 is 1.32 bits per heavy atom. The van der Waals surface area contributed by atoms with E-state index in [-0.39, 0.29) is 6.42 Å². The molecule has 1 saturated heterocycles. The summed E-state index contributed by atoms with van der Waals surface area (Å²) >= 11 is 3.44. The molecule has 1 aliphatic heterocycles. The van der Waals surface area contributed by atoms with Gasteiger partial charge in [0.05, 0.1) is 0 Å². The molecule has 1 aromatic carbocycles. The van der Waals surface area contributed by atoms with Crippen LogP contribution in [0.5, 0.6) is 0 Å². The van der Waals surface area contributed by atoms with Gasteiger partial charge in [0, 0.05) is 23.5 Å². The second kappa shape index (κ2) is 7.06. The van der Waals surface area contributed by atoms with Gasteiger partial charge in [-0.05, 0) is 43.5 Å². The van der Waals surface area contributed by atoms with Crippen LogP contribution in [0.15, 0.2) is 28.7 Å². The van der Waals surface area contributed by atoms with E-state index in [0.29, 0.717) is 6.04 Å². The first kappa shape index (κ1) is 14.5. The molecule has 1 fully saturated rings. The van der Waals surface area contributed by atoms with Crippen LogP contribution in [-0.2, 0) is 11.3 Å². The molecule has 0 aromatic heterocycles. The SMILES string of the molecule is O=C(O)CCC1CCCCN1Cc1ccc(Br)cc1. The first-order valence-electron chi connectivity index (χ1n) is 6.85. The molecule has 2 rings (SSSR count). The average molecular weight is 326 g/mol. The number of likely N-dealkylation sites (tertiary alicyclic amines) is 1. The van der Waals surface area contributed by atoms with Crippen LogP contribution in [0.2, 0.25) is 0 Å². The standard InChI is InChI=1S/C15H20BrNO2/c16-13-6-4-12(5-7-13)11-17-10-2-1-3-14(17)8-9-15(18)19/h4-7,14H,1-3,8-11H2,(H,18,19). The molecule has 0 amide bonds. The van der Waals surface area contributed by atoms with Crippen molar-refractivity contribution in [3.63, 3.8) is 0 Å². The second-order valence-electron chi connectivity index (χ2n) is 5.18. The zero-order valence-electron chi connectivity index (χ0n) is 11.0. The van der Waals surface area contributed by atoms with E-state index in [2.05, 4.69) is 45.1 Å². The van der Waals surface area contributed by atoms with Crippen molar-refractivity contribution in [2.24, 2.45) is 0 Å². The van der Waals surface area contributed by atoms with Crippen molar-refractivity contribution in [1.29, 1.82) is 0 Å². The maximum Gasteiger partial charge on any atom is 0.303 e. The molecule has 1 aliphatic rings. The number of piperidine rings is 1. The van der Waals surface area contributed by atoms with Gasteiger partial charge in [0.25, 0.3) is 0 Å². The predicted octanol–water partition coefficient (Wildman–Crippen LogP) is 3.67. The van der Waals surface area contributed by atoms with Gasteiger partial charge in [-0.25, -0.2) is 0 Å². The van der Waals surface area contributed by atoms with Crippen molar-refractivity contribution in [3.05, 3.63) is 34.3 Å². The molecule has 0 saturated carbocycles. The van der Waals surface area contributed by atoms with Crippen molar-refractivity contribution >= 4 is 21.9 Å². The van der Waals surface area contributed by atoms with E-state index in [1.807, 2.05) is 0 Å². The summed E-state index contributed by atoms with van der Waals surface area (Å²) in [5.41, 5.74) is 1.30. The lowest BCUT2D eigenvalue weighted by Gasteiger charge is -2.35. The van der Waals surface area contributed by atoms with Gasteiger partial charge in [-0.3, -0.25) is 9.69 Å². The number of carboxylic acid groups (broad SMARTS) is 1. The third-order valence-electron chi connectivity index (χ3n) is 3.74. The van der Waals surface area contributed by atoms with E-state index in [9.17, 15) is 4.79 Å². The quantitative estimate of drug-likeness (QED) is 0.897. The van der Waals surface area contributed by atoms with E-state index >= 15 is 0 Å². The highest BCUT2D eigenvalue weighted by molar-refractivity contribution is 9.10. The summed E-state index contributed by atoms with van der Waals surface area (Å²) in [4.78, 5) is 13.2. The third kappa shape index (κ3) is 4.62. The lowest BCUT2D eigenvalue weighted by atomic mass is 9.97. The van der Waals surface area contributed by atoms with Gasteiger partial charge in [-0.15, -0.1) is 0 Å². The number of nitrogens with zero attached hydrogens (tertiary/aromatic N) is 1. The monoisotopic (exact) mass is 325 g/mol. The lowest BCUT2D eigenvalue weighted by Crippen LogP contribution is -2.39. The van der Waals surface area contributed by atoms with E-state index in [1.54, 1.807) is 0 Å². The van der Waals surface area contributed by atoms with Crippen LogP contribution in [0, 0.1) is 0 Å². The highest BCUT2D eigenvalue weighted by Crippen LogP contribution is 2.23. The smallest absolute Gasteiger partial charge is 0.303 e. The van der Waals surface area contributed by atoms with Gasteiger partial charge in [-0.1, -0.05) is 34.5 Å². The molecule has 1 unspecified atom stereocenters. The van der Waals surface area contributed by atoms with Gasteiger partial charge in [0.15, 0.2) is 0 Å². The molecule has 0 spiro atoms. The minimum absolute atomic E-state index is 0.279. The molecule has 1 atom stereocenters. The number of hydrogen-bond donors (Lipinski definition) is 1. The van der Waals surface area contributed by atoms with Crippen LogP contribution < -0.4 is 0 Å². The molecule has 0 radical (unpaired) electrons. The number of hydrogen-bond acceptors (Lipinski definition) is 2. The van der Waals surface area contributed by atoms with Gasteiger partial charge in [-0.2, -0.15) is 0 Å². The Labute approximate surface area is 122 Å². The molecule has 19 heavy (non-hydrogen) atoms. The van der Waals surface area contributed by atoms with Gasteiger partial charge in [0.2, 0.25) is 0 Å². The number of halogens is 1. The molecular weight excluding hydrogens is 306 g/mol. The molecule has 1 N–H and O–H groups in total. The fourth-order valence-corrected chi connectivity index (χ4v) is 2.97. The summed E-state index contributed by atoms with van der Waals surface area (Å²) in [6, 6.07) is 8.81. The van der Waals surface area contributed by atoms with Crippen LogP contribution in [0.25, 0.3) is 0 Å². The molecule has 0 aliphatic carbocycles. The normalized spacial score (nSPS) is 20.4. The number of carboxylic acids is 1. The van der Waals surface area contributed by atoms with Crippen molar-refractivity contribution in [2.45, 2.75) is 44.7 Å². The summed E-state index contributed by atoms with van der Waals surface area (Å²) < 4.78 is 1.09. The molecule has 0 bridgehead atoms. The molecule has 1 heterocycles. The first-order valence-corrected chi connectivity index (χ1v) is 7.65. The summed E-state index contributed by atoms with van der Waals surface area (Å²) in [6.07, 6.45) is 4.62. The Morgan fingerprint density at radius 3 is 2.74 bits per heavy atom. The highest BCUT2D eigenvalue weighted by atomic mass is 79.9. The summed E-state index contributed by atoms with van der Waals surface area (Å²) in [6.45, 7) is 2.01. The van der Waals surface area contributed by atoms with Crippen LogP contribution in [0.3, 0.4) is 0 Å². The summed E-state index contributed by atoms with van der Waals surface area (Å²) in [7, 11) is 0. The number of carbonyl (C=O) groups is 1. The third-order valence-corrected chi connectivity index (χ3v) is 4.27. The molecule has 104 valence electrons. The van der Waals surface area contributed by atoms with Crippen LogP contribution in [0.1, 0.15) is 37.7 Å². The second-order valence-corrected chi connectivity index (χ2v) is 6.09. The van der Waals surface area contributed by atoms with Gasteiger partial charge >= 0.3 is 5.97 Å². The number of rotatable bonds is 5. The minimum Gasteiger partial charge on any atom is -0.481 e. The van der Waals surface area contributed by atoms with Gasteiger partial charge in [0.1, 0.15) is 0 Å². The van der Waals surface area contributed by atoms with Crippen molar-refractivity contribution in [2.75, 3.05) is 6.54 Å². The average Bonchev–Trinajstić information content (AvgIpc) is 2.40. The molecule has 1 aromatic rings. The Balaban J connectivity index is 1.95. The van der Waals surface area contributed by atoms with Crippen LogP contribution in [0.4, 0.5) is 0 Å². The topological polar surface area (TPSA) is 40.5 Å². The summed E-state index contributed by atoms with van der Waals surface area (Å²) in [5.74, 6) is -0.686. The zero-order chi connectivity index (χ0) is 13.7. The maximum absolute atomic E-state index is 10.7. The van der Waals surface area contributed by atoms with Crippen molar-refractivity contribution < 1.29 is 9.90 Å². The predicted molar refractivity (Wildman–Crippen MR) is 79.1 cm³/mol. The van der Waals surface area contributed by atoms with E-state index in [4.69, 9.17) is 5.11 Å². The first-order chi connectivity index (χ1) is 9.15. The fraction of sp³-hybridized carbons (Fsp3) is 0.533. The zero-order valence-corrected chi connectivity index (χ0v) is 12.6. The van der Waals surface area contributed by atoms with Crippen LogP contribution in [-0.4, -0.2) is 28.6 Å². The maximum atomic E-state index is 10.7. The fourth-order valence-electron chi connectivity index (χ4n) is 2.71. The number of aliphatic carboxylic acids is 1. The molecule has 4 heteroatoms. The van der Waals surface area contributed by atoms with Crippen LogP contribution >= 0.6 is 15.9 Å². The number of benzene rings is 1. The van der Waals surface area contributed by atoms with Crippen molar-refractivity contribution in [1.82, 2.24) is 4.90 Å². The Bertz CT molecular complexity index is 419. The van der Waals surface area contributed by atoms with E-state index in [1.165, 1.54) is 18.4 Å². The Kier molecular flexibility index (Phi) is 5.40. The Morgan fingerprint density at radius 2 is 2.05 bits per heavy atom. The van der Waals surface area contributed by atoms with E-state index in [0.717, 1.165) is 30.4 Å². The van der Waals surface area contributed by atoms with Crippen molar-refractivity contribution in [3.8, 4) is 0 Å². The van der Waals surface area contributed by atoms with E-state index < -0.39 is 5.97 Å². The lowest BCUT2D eigenvalue weighted by molar-refractivity contribution is -0.137. The Hall–Kier alpha value is -0.870. The molecule has 3 nitrogen and oxygen atoms in total. The van der Waals surface area contributed by atoms with Gasteiger partial charge < -0.3 is 5.11 Å². The minimum atomic E-state index is -0.686. The summed E-state index contributed by atoms with van der Waals surface area (Å²) in [5, 5.41) is 8.83.